The topological polar surface area (TPSA) is 8.17 Å². The third-order valence-electron chi connectivity index (χ3n) is 2.40. The fraction of sp³-hybridized carbons (Fsp3) is 0.273. The molecule has 0 saturated heterocycles. The number of nitrogens with zero attached hydrogens (tertiary/aromatic N) is 2. The first kappa shape index (κ1) is 9.83. The van der Waals surface area contributed by atoms with Gasteiger partial charge in [-0.05, 0) is 24.3 Å². The summed E-state index contributed by atoms with van der Waals surface area (Å²) < 4.78 is 3.25. The van der Waals surface area contributed by atoms with Gasteiger partial charge in [0.25, 0.3) is 0 Å². The minimum absolute atomic E-state index is 1.00. The van der Waals surface area contributed by atoms with E-state index in [1.165, 1.54) is 16.6 Å². The van der Waals surface area contributed by atoms with Crippen molar-refractivity contribution in [3.05, 3.63) is 30.5 Å². The standard InChI is InChI=1S/C11H13IN2/c1-13(2)10-3-4-11-9(7-10)5-6-14(11)8-12/h3-7H,8H2,1-2H3. The second-order valence-corrected chi connectivity index (χ2v) is 4.22. The van der Waals surface area contributed by atoms with E-state index in [2.05, 4.69) is 76.6 Å². The maximum Gasteiger partial charge on any atom is 0.0742 e. The molecule has 74 valence electrons. The summed E-state index contributed by atoms with van der Waals surface area (Å²) in [5, 5.41) is 1.31. The Morgan fingerprint density at radius 3 is 2.71 bits per heavy atom. The second-order valence-electron chi connectivity index (χ2n) is 3.54. The van der Waals surface area contributed by atoms with E-state index in [1.54, 1.807) is 0 Å². The number of hydrogen-bond acceptors (Lipinski definition) is 1. The lowest BCUT2D eigenvalue weighted by atomic mass is 10.2. The van der Waals surface area contributed by atoms with Crippen LogP contribution < -0.4 is 4.90 Å². The zero-order valence-electron chi connectivity index (χ0n) is 8.37. The van der Waals surface area contributed by atoms with Crippen molar-refractivity contribution in [3.8, 4) is 0 Å². The first-order valence-corrected chi connectivity index (χ1v) is 6.07. The summed E-state index contributed by atoms with van der Waals surface area (Å²) >= 11 is 2.37. The zero-order valence-corrected chi connectivity index (χ0v) is 10.5. The molecule has 0 aliphatic heterocycles. The molecule has 0 unspecified atom stereocenters. The number of benzene rings is 1. The maximum atomic E-state index is 2.37. The molecule has 2 aromatic rings. The fourth-order valence-corrected chi connectivity index (χ4v) is 2.16. The average Bonchev–Trinajstić information content (AvgIpc) is 2.59. The van der Waals surface area contributed by atoms with E-state index in [4.69, 9.17) is 0 Å². The van der Waals surface area contributed by atoms with E-state index in [-0.39, 0.29) is 0 Å². The Labute approximate surface area is 97.6 Å². The van der Waals surface area contributed by atoms with Crippen molar-refractivity contribution in [1.82, 2.24) is 4.57 Å². The number of aromatic nitrogens is 1. The molecule has 0 aliphatic carbocycles. The summed E-state index contributed by atoms with van der Waals surface area (Å²) in [6.07, 6.45) is 2.14. The summed E-state index contributed by atoms with van der Waals surface area (Å²) in [6.45, 7) is 0. The Bertz CT molecular complexity index is 445. The Kier molecular flexibility index (Phi) is 2.67. The number of fused-ring (bicyclic) bond motifs is 1. The molecule has 0 radical (unpaired) electrons. The molecule has 0 fully saturated rings. The van der Waals surface area contributed by atoms with Crippen LogP contribution >= 0.6 is 22.6 Å². The van der Waals surface area contributed by atoms with Gasteiger partial charge in [0.1, 0.15) is 0 Å². The first-order chi connectivity index (χ1) is 6.72. The summed E-state index contributed by atoms with van der Waals surface area (Å²) in [4.78, 5) is 2.13. The molecule has 3 heteroatoms. The zero-order chi connectivity index (χ0) is 10.1. The minimum atomic E-state index is 1.00. The first-order valence-electron chi connectivity index (χ1n) is 4.54. The Morgan fingerprint density at radius 1 is 1.29 bits per heavy atom. The van der Waals surface area contributed by atoms with Crippen LogP contribution in [0.5, 0.6) is 0 Å². The molecule has 0 spiro atoms. The Balaban J connectivity index is 2.57. The normalized spacial score (nSPS) is 10.8. The van der Waals surface area contributed by atoms with E-state index >= 15 is 0 Å². The smallest absolute Gasteiger partial charge is 0.0742 e. The van der Waals surface area contributed by atoms with Crippen molar-refractivity contribution >= 4 is 39.2 Å². The molecule has 2 rings (SSSR count). The van der Waals surface area contributed by atoms with E-state index in [9.17, 15) is 0 Å². The van der Waals surface area contributed by atoms with Gasteiger partial charge in [-0.15, -0.1) is 0 Å². The lowest BCUT2D eigenvalue weighted by Gasteiger charge is -2.12. The highest BCUT2D eigenvalue weighted by Gasteiger charge is 2.01. The van der Waals surface area contributed by atoms with Crippen LogP contribution in [0.1, 0.15) is 0 Å². The molecule has 1 aromatic heterocycles. The molecule has 0 bridgehead atoms. The molecule has 0 atom stereocenters. The van der Waals surface area contributed by atoms with Gasteiger partial charge in [0.2, 0.25) is 0 Å². The third kappa shape index (κ3) is 1.61. The SMILES string of the molecule is CN(C)c1ccc2c(ccn2CI)c1. The van der Waals surface area contributed by atoms with Crippen LogP contribution in [0, 0.1) is 0 Å². The monoisotopic (exact) mass is 300 g/mol. The van der Waals surface area contributed by atoms with Crippen LogP contribution in [0.2, 0.25) is 0 Å². The van der Waals surface area contributed by atoms with Gasteiger partial charge in [-0.3, -0.25) is 0 Å². The molecule has 1 heterocycles. The van der Waals surface area contributed by atoms with Crippen molar-refractivity contribution in [2.75, 3.05) is 19.0 Å². The van der Waals surface area contributed by atoms with E-state index < -0.39 is 0 Å². The number of anilines is 1. The van der Waals surface area contributed by atoms with Crippen molar-refractivity contribution < 1.29 is 0 Å². The number of halogens is 1. The predicted molar refractivity (Wildman–Crippen MR) is 70.3 cm³/mol. The Morgan fingerprint density at radius 2 is 2.07 bits per heavy atom. The van der Waals surface area contributed by atoms with E-state index in [0.29, 0.717) is 0 Å². The quantitative estimate of drug-likeness (QED) is 0.611. The second kappa shape index (κ2) is 3.81. The van der Waals surface area contributed by atoms with Crippen LogP contribution in [0.3, 0.4) is 0 Å². The molecule has 0 amide bonds. The molecule has 14 heavy (non-hydrogen) atoms. The largest absolute Gasteiger partial charge is 0.378 e. The van der Waals surface area contributed by atoms with Crippen molar-refractivity contribution in [2.45, 2.75) is 4.55 Å². The molecular weight excluding hydrogens is 287 g/mol. The lowest BCUT2D eigenvalue weighted by molar-refractivity contribution is 0.969. The van der Waals surface area contributed by atoms with E-state index in [0.717, 1.165) is 4.55 Å². The lowest BCUT2D eigenvalue weighted by Crippen LogP contribution is -2.08. The highest BCUT2D eigenvalue weighted by molar-refractivity contribution is 14.1. The van der Waals surface area contributed by atoms with Gasteiger partial charge >= 0.3 is 0 Å². The Hall–Kier alpha value is -0.710. The average molecular weight is 300 g/mol. The molecular formula is C11H13IN2. The van der Waals surface area contributed by atoms with Gasteiger partial charge in [0.05, 0.1) is 4.55 Å². The summed E-state index contributed by atoms with van der Waals surface area (Å²) in [5.41, 5.74) is 2.56. The van der Waals surface area contributed by atoms with Gasteiger partial charge in [-0.1, -0.05) is 22.6 Å². The third-order valence-corrected chi connectivity index (χ3v) is 3.13. The summed E-state index contributed by atoms with van der Waals surface area (Å²) in [5.74, 6) is 0. The van der Waals surface area contributed by atoms with E-state index in [1.807, 2.05) is 0 Å². The van der Waals surface area contributed by atoms with Crippen LogP contribution in [-0.2, 0) is 4.55 Å². The van der Waals surface area contributed by atoms with Crippen molar-refractivity contribution in [2.24, 2.45) is 0 Å². The molecule has 1 aromatic carbocycles. The highest BCUT2D eigenvalue weighted by atomic mass is 127. The maximum absolute atomic E-state index is 2.37. The van der Waals surface area contributed by atoms with Gasteiger partial charge in [0.15, 0.2) is 0 Å². The minimum Gasteiger partial charge on any atom is -0.378 e. The number of hydrogen-bond donors (Lipinski definition) is 0. The van der Waals surface area contributed by atoms with Crippen molar-refractivity contribution in [1.29, 1.82) is 0 Å². The summed E-state index contributed by atoms with van der Waals surface area (Å²) in [6, 6.07) is 8.73. The van der Waals surface area contributed by atoms with Crippen LogP contribution in [0.15, 0.2) is 30.5 Å². The fourth-order valence-electron chi connectivity index (χ4n) is 1.57. The summed E-state index contributed by atoms with van der Waals surface area (Å²) in [7, 11) is 4.13. The van der Waals surface area contributed by atoms with Crippen LogP contribution in [-0.4, -0.2) is 18.7 Å². The molecule has 0 saturated carbocycles. The van der Waals surface area contributed by atoms with Crippen LogP contribution in [0.25, 0.3) is 10.9 Å². The molecule has 2 nitrogen and oxygen atoms in total. The van der Waals surface area contributed by atoms with Gasteiger partial charge < -0.3 is 9.47 Å². The molecule has 0 aliphatic rings. The van der Waals surface area contributed by atoms with Crippen LogP contribution in [0.4, 0.5) is 5.69 Å². The van der Waals surface area contributed by atoms with Crippen molar-refractivity contribution in [3.63, 3.8) is 0 Å². The highest BCUT2D eigenvalue weighted by Crippen LogP contribution is 2.22. The number of alkyl halides is 1. The number of rotatable bonds is 2. The molecule has 0 N–H and O–H groups in total. The predicted octanol–water partition coefficient (Wildman–Crippen LogP) is 3.10. The van der Waals surface area contributed by atoms with Gasteiger partial charge in [-0.2, -0.15) is 0 Å². The van der Waals surface area contributed by atoms with Gasteiger partial charge in [0, 0.05) is 36.9 Å². The van der Waals surface area contributed by atoms with Gasteiger partial charge in [-0.25, -0.2) is 0 Å².